The average molecular weight is 371 g/mol. The number of nitrogens with zero attached hydrogens (tertiary/aromatic N) is 1. The van der Waals surface area contributed by atoms with Gasteiger partial charge in [-0.05, 0) is 58.5 Å². The SMILES string of the molecule is Cc1ccc2c(c1)C(=Cc1ccccc1)c1cnc(C=Cc3ccccc3)cc1-2. The Morgan fingerprint density at radius 1 is 0.621 bits per heavy atom. The van der Waals surface area contributed by atoms with Crippen molar-refractivity contribution in [3.05, 3.63) is 125 Å². The number of aromatic nitrogens is 1. The third-order valence-corrected chi connectivity index (χ3v) is 5.33. The fourth-order valence-corrected chi connectivity index (χ4v) is 3.88. The molecule has 0 N–H and O–H groups in total. The van der Waals surface area contributed by atoms with Gasteiger partial charge in [0.05, 0.1) is 5.69 Å². The number of benzene rings is 3. The van der Waals surface area contributed by atoms with Crippen molar-refractivity contribution in [1.82, 2.24) is 4.98 Å². The Bertz CT molecular complexity index is 1230. The maximum atomic E-state index is 4.74. The van der Waals surface area contributed by atoms with Gasteiger partial charge in [0, 0.05) is 11.8 Å². The van der Waals surface area contributed by atoms with Crippen molar-refractivity contribution in [2.45, 2.75) is 6.92 Å². The molecule has 1 heterocycles. The normalized spacial score (nSPS) is 13.6. The molecule has 0 unspecified atom stereocenters. The molecule has 0 amide bonds. The summed E-state index contributed by atoms with van der Waals surface area (Å²) in [6.07, 6.45) is 8.48. The van der Waals surface area contributed by atoms with Gasteiger partial charge in [0.1, 0.15) is 0 Å². The summed E-state index contributed by atoms with van der Waals surface area (Å²) in [6, 6.07) is 29.7. The molecule has 138 valence electrons. The van der Waals surface area contributed by atoms with E-state index in [-0.39, 0.29) is 0 Å². The van der Waals surface area contributed by atoms with Gasteiger partial charge in [0.25, 0.3) is 0 Å². The lowest BCUT2D eigenvalue weighted by molar-refractivity contribution is 1.29. The highest BCUT2D eigenvalue weighted by Gasteiger charge is 2.24. The second-order valence-corrected chi connectivity index (χ2v) is 7.42. The molecule has 29 heavy (non-hydrogen) atoms. The Hall–Kier alpha value is -3.71. The maximum Gasteiger partial charge on any atom is 0.0636 e. The standard InChI is InChI=1S/C28H21N/c1-20-12-15-24-25(16-20)26(17-22-10-6-3-7-11-22)28-19-29-23(18-27(24)28)14-13-21-8-4-2-5-9-21/h2-19H,1H3. The molecule has 1 aromatic heterocycles. The first-order valence-electron chi connectivity index (χ1n) is 9.90. The molecule has 5 rings (SSSR count). The minimum Gasteiger partial charge on any atom is -0.256 e. The van der Waals surface area contributed by atoms with Crippen LogP contribution in [0.4, 0.5) is 0 Å². The topological polar surface area (TPSA) is 12.9 Å². The zero-order chi connectivity index (χ0) is 19.6. The quantitative estimate of drug-likeness (QED) is 0.329. The Morgan fingerprint density at radius 2 is 1.34 bits per heavy atom. The first kappa shape index (κ1) is 17.4. The number of hydrogen-bond donors (Lipinski definition) is 0. The van der Waals surface area contributed by atoms with Crippen LogP contribution in [0.2, 0.25) is 0 Å². The van der Waals surface area contributed by atoms with Crippen LogP contribution in [0.5, 0.6) is 0 Å². The Labute approximate surface area is 171 Å². The van der Waals surface area contributed by atoms with Crippen LogP contribution in [0.25, 0.3) is 34.9 Å². The van der Waals surface area contributed by atoms with E-state index in [4.69, 9.17) is 4.98 Å². The summed E-state index contributed by atoms with van der Waals surface area (Å²) in [6.45, 7) is 2.15. The first-order valence-corrected chi connectivity index (χ1v) is 9.90. The number of pyridine rings is 1. The third-order valence-electron chi connectivity index (χ3n) is 5.33. The molecule has 1 aliphatic rings. The van der Waals surface area contributed by atoms with Crippen LogP contribution in [-0.4, -0.2) is 4.98 Å². The maximum absolute atomic E-state index is 4.74. The van der Waals surface area contributed by atoms with Crippen LogP contribution in [0.1, 0.15) is 33.5 Å². The van der Waals surface area contributed by atoms with Crippen LogP contribution in [-0.2, 0) is 0 Å². The molecule has 1 nitrogen and oxygen atoms in total. The summed E-state index contributed by atoms with van der Waals surface area (Å²) < 4.78 is 0. The van der Waals surface area contributed by atoms with Gasteiger partial charge in [0.15, 0.2) is 0 Å². The molecule has 0 spiro atoms. The van der Waals surface area contributed by atoms with Crippen LogP contribution in [0.3, 0.4) is 0 Å². The Kier molecular flexibility index (Phi) is 4.42. The molecule has 3 aromatic carbocycles. The van der Waals surface area contributed by atoms with Crippen LogP contribution in [0, 0.1) is 6.92 Å². The van der Waals surface area contributed by atoms with Gasteiger partial charge in [-0.1, -0.05) is 90.5 Å². The molecule has 4 aromatic rings. The van der Waals surface area contributed by atoms with Crippen molar-refractivity contribution in [3.63, 3.8) is 0 Å². The van der Waals surface area contributed by atoms with Crippen LogP contribution in [0.15, 0.2) is 91.1 Å². The van der Waals surface area contributed by atoms with Crippen LogP contribution >= 0.6 is 0 Å². The van der Waals surface area contributed by atoms with E-state index in [0.29, 0.717) is 0 Å². The number of fused-ring (bicyclic) bond motifs is 3. The summed E-state index contributed by atoms with van der Waals surface area (Å²) in [5.74, 6) is 0. The highest BCUT2D eigenvalue weighted by atomic mass is 14.7. The van der Waals surface area contributed by atoms with Crippen molar-refractivity contribution >= 4 is 23.8 Å². The monoisotopic (exact) mass is 371 g/mol. The molecule has 0 bridgehead atoms. The van der Waals surface area contributed by atoms with E-state index < -0.39 is 0 Å². The van der Waals surface area contributed by atoms with Gasteiger partial charge < -0.3 is 0 Å². The molecule has 1 heteroatoms. The number of aryl methyl sites for hydroxylation is 1. The molecule has 0 aliphatic heterocycles. The minimum atomic E-state index is 0.972. The molecule has 0 saturated carbocycles. The predicted molar refractivity (Wildman–Crippen MR) is 123 cm³/mol. The van der Waals surface area contributed by atoms with Crippen LogP contribution < -0.4 is 0 Å². The van der Waals surface area contributed by atoms with Crippen molar-refractivity contribution in [2.75, 3.05) is 0 Å². The predicted octanol–water partition coefficient (Wildman–Crippen LogP) is 7.13. The van der Waals surface area contributed by atoms with E-state index in [2.05, 4.69) is 104 Å². The lowest BCUT2D eigenvalue weighted by Gasteiger charge is -2.04. The second kappa shape index (κ2) is 7.37. The fraction of sp³-hybridized carbons (Fsp3) is 0.0357. The van der Waals surface area contributed by atoms with E-state index >= 15 is 0 Å². The Balaban J connectivity index is 1.61. The second-order valence-electron chi connectivity index (χ2n) is 7.42. The average Bonchev–Trinajstić information content (AvgIpc) is 3.06. The third kappa shape index (κ3) is 3.43. The largest absolute Gasteiger partial charge is 0.256 e. The van der Waals surface area contributed by atoms with Gasteiger partial charge in [-0.2, -0.15) is 0 Å². The lowest BCUT2D eigenvalue weighted by Crippen LogP contribution is -1.87. The van der Waals surface area contributed by atoms with Crippen molar-refractivity contribution in [1.29, 1.82) is 0 Å². The van der Waals surface area contributed by atoms with Gasteiger partial charge in [-0.3, -0.25) is 4.98 Å². The molecule has 0 radical (unpaired) electrons. The molecule has 0 atom stereocenters. The minimum absolute atomic E-state index is 0.972. The molecular weight excluding hydrogens is 350 g/mol. The van der Waals surface area contributed by atoms with Gasteiger partial charge >= 0.3 is 0 Å². The summed E-state index contributed by atoms with van der Waals surface area (Å²) in [5.41, 5.74) is 10.9. The summed E-state index contributed by atoms with van der Waals surface area (Å²) >= 11 is 0. The first-order chi connectivity index (χ1) is 14.3. The molecule has 0 fully saturated rings. The van der Waals surface area contributed by atoms with Gasteiger partial charge in [-0.25, -0.2) is 0 Å². The summed E-state index contributed by atoms with van der Waals surface area (Å²) in [5, 5.41) is 0. The number of hydrogen-bond acceptors (Lipinski definition) is 1. The van der Waals surface area contributed by atoms with E-state index in [1.165, 1.54) is 44.5 Å². The molecule has 0 saturated heterocycles. The molecular formula is C28H21N. The van der Waals surface area contributed by atoms with Gasteiger partial charge in [-0.15, -0.1) is 0 Å². The van der Waals surface area contributed by atoms with E-state index in [0.717, 1.165) is 5.69 Å². The highest BCUT2D eigenvalue weighted by molar-refractivity contribution is 6.06. The van der Waals surface area contributed by atoms with E-state index in [1.807, 2.05) is 12.3 Å². The Morgan fingerprint density at radius 3 is 2.10 bits per heavy atom. The number of rotatable bonds is 3. The highest BCUT2D eigenvalue weighted by Crippen LogP contribution is 2.45. The fourth-order valence-electron chi connectivity index (χ4n) is 3.88. The van der Waals surface area contributed by atoms with E-state index in [1.54, 1.807) is 0 Å². The summed E-state index contributed by atoms with van der Waals surface area (Å²) in [4.78, 5) is 4.74. The van der Waals surface area contributed by atoms with Crippen molar-refractivity contribution in [2.24, 2.45) is 0 Å². The lowest BCUT2D eigenvalue weighted by atomic mass is 10.0. The zero-order valence-electron chi connectivity index (χ0n) is 16.3. The van der Waals surface area contributed by atoms with Crippen molar-refractivity contribution in [3.8, 4) is 11.1 Å². The molecule has 1 aliphatic carbocycles. The van der Waals surface area contributed by atoms with E-state index in [9.17, 15) is 0 Å². The van der Waals surface area contributed by atoms with Crippen molar-refractivity contribution < 1.29 is 0 Å². The summed E-state index contributed by atoms with van der Waals surface area (Å²) in [7, 11) is 0. The smallest absolute Gasteiger partial charge is 0.0636 e. The van der Waals surface area contributed by atoms with Gasteiger partial charge in [0.2, 0.25) is 0 Å². The zero-order valence-corrected chi connectivity index (χ0v) is 16.3.